The quantitative estimate of drug-likeness (QED) is 0.283. The number of urea groups is 1. The van der Waals surface area contributed by atoms with Crippen LogP contribution >= 0.6 is 23.2 Å². The molecule has 0 spiro atoms. The average Bonchev–Trinajstić information content (AvgIpc) is 2.81. The molecule has 3 aromatic carbocycles. The van der Waals surface area contributed by atoms with Crippen LogP contribution in [-0.4, -0.2) is 24.5 Å². The maximum atomic E-state index is 13.3. The Bertz CT molecular complexity index is 1410. The Morgan fingerprint density at radius 3 is 2.30 bits per heavy atom. The highest BCUT2D eigenvalue weighted by molar-refractivity contribution is 6.39. The minimum atomic E-state index is -0.795. The fraction of sp³-hybridized carbons (Fsp3) is 0.179. The summed E-state index contributed by atoms with van der Waals surface area (Å²) in [5, 5.41) is 3.26. The van der Waals surface area contributed by atoms with Crippen molar-refractivity contribution in [3.8, 4) is 11.5 Å². The molecule has 0 atom stereocenters. The Labute approximate surface area is 224 Å². The topological polar surface area (TPSA) is 84.9 Å². The zero-order valence-corrected chi connectivity index (χ0v) is 21.9. The monoisotopic (exact) mass is 538 g/mol. The summed E-state index contributed by atoms with van der Waals surface area (Å²) in [4.78, 5) is 39.4. The summed E-state index contributed by atoms with van der Waals surface area (Å²) in [5.41, 5.74) is 3.25. The molecule has 0 aliphatic carbocycles. The standard InChI is InChI=1S/C28H24Cl2N2O5/c1-4-36-25-13-18(5-8-24(25)37-15-19-6-7-20(29)14-23(19)30)12-22-26(33)31-28(35)32(27(22)34)21-10-16(2)9-17(3)11-21/h5-14H,4,15H2,1-3H3,(H,31,33,35). The van der Waals surface area contributed by atoms with Gasteiger partial charge in [0.05, 0.1) is 12.3 Å². The van der Waals surface area contributed by atoms with Crippen molar-refractivity contribution in [3.63, 3.8) is 0 Å². The molecule has 0 unspecified atom stereocenters. The number of halogens is 2. The van der Waals surface area contributed by atoms with Gasteiger partial charge in [-0.1, -0.05) is 41.4 Å². The first-order chi connectivity index (χ1) is 17.7. The number of ether oxygens (including phenoxy) is 2. The minimum Gasteiger partial charge on any atom is -0.490 e. The molecule has 1 heterocycles. The first-order valence-electron chi connectivity index (χ1n) is 11.5. The lowest BCUT2D eigenvalue weighted by Gasteiger charge is -2.27. The summed E-state index contributed by atoms with van der Waals surface area (Å²) in [5.74, 6) is -0.602. The number of hydrogen-bond donors (Lipinski definition) is 1. The molecule has 1 fully saturated rings. The van der Waals surface area contributed by atoms with Gasteiger partial charge >= 0.3 is 6.03 Å². The molecule has 4 rings (SSSR count). The molecular formula is C28H24Cl2N2O5. The predicted octanol–water partition coefficient (Wildman–Crippen LogP) is 6.25. The molecule has 9 heteroatoms. The van der Waals surface area contributed by atoms with E-state index in [0.29, 0.717) is 39.4 Å². The van der Waals surface area contributed by atoms with Gasteiger partial charge in [0.15, 0.2) is 11.5 Å². The van der Waals surface area contributed by atoms with Crippen molar-refractivity contribution >= 4 is 52.8 Å². The number of rotatable bonds is 7. The molecular weight excluding hydrogens is 515 g/mol. The first kappa shape index (κ1) is 26.3. The Hall–Kier alpha value is -3.81. The molecule has 190 valence electrons. The fourth-order valence-electron chi connectivity index (χ4n) is 3.93. The number of aryl methyl sites for hydroxylation is 2. The summed E-state index contributed by atoms with van der Waals surface area (Å²) in [6.07, 6.45) is 1.42. The summed E-state index contributed by atoms with van der Waals surface area (Å²) in [6.45, 7) is 6.11. The van der Waals surface area contributed by atoms with Crippen molar-refractivity contribution in [2.75, 3.05) is 11.5 Å². The highest BCUT2D eigenvalue weighted by atomic mass is 35.5. The SMILES string of the molecule is CCOc1cc(C=C2C(=O)NC(=O)N(c3cc(C)cc(C)c3)C2=O)ccc1OCc1ccc(Cl)cc1Cl. The van der Waals surface area contributed by atoms with Crippen molar-refractivity contribution in [3.05, 3.63) is 92.5 Å². The second kappa shape index (κ2) is 11.1. The van der Waals surface area contributed by atoms with E-state index in [9.17, 15) is 14.4 Å². The van der Waals surface area contributed by atoms with E-state index in [-0.39, 0.29) is 12.2 Å². The second-order valence-electron chi connectivity index (χ2n) is 8.47. The van der Waals surface area contributed by atoms with Crippen LogP contribution < -0.4 is 19.7 Å². The van der Waals surface area contributed by atoms with Gasteiger partial charge in [0, 0.05) is 15.6 Å². The number of anilines is 1. The van der Waals surface area contributed by atoms with Crippen LogP contribution in [0.3, 0.4) is 0 Å². The number of hydrogen-bond acceptors (Lipinski definition) is 5. The van der Waals surface area contributed by atoms with Crippen LogP contribution in [0.5, 0.6) is 11.5 Å². The molecule has 3 aromatic rings. The Morgan fingerprint density at radius 2 is 1.62 bits per heavy atom. The number of nitrogens with zero attached hydrogens (tertiary/aromatic N) is 1. The lowest BCUT2D eigenvalue weighted by molar-refractivity contribution is -0.122. The van der Waals surface area contributed by atoms with Gasteiger partial charge in [-0.3, -0.25) is 14.9 Å². The molecule has 37 heavy (non-hydrogen) atoms. The molecule has 0 bridgehead atoms. The second-order valence-corrected chi connectivity index (χ2v) is 9.31. The van der Waals surface area contributed by atoms with Crippen molar-refractivity contribution in [2.45, 2.75) is 27.4 Å². The number of barbiturate groups is 1. The van der Waals surface area contributed by atoms with E-state index in [1.807, 2.05) is 26.8 Å². The number of benzene rings is 3. The van der Waals surface area contributed by atoms with Gasteiger partial charge in [0.25, 0.3) is 11.8 Å². The van der Waals surface area contributed by atoms with Crippen molar-refractivity contribution in [1.29, 1.82) is 0 Å². The summed E-state index contributed by atoms with van der Waals surface area (Å²) in [6, 6.07) is 14.7. The highest BCUT2D eigenvalue weighted by Crippen LogP contribution is 2.32. The third-order valence-corrected chi connectivity index (χ3v) is 6.13. The largest absolute Gasteiger partial charge is 0.490 e. The molecule has 1 saturated heterocycles. The van der Waals surface area contributed by atoms with E-state index < -0.39 is 17.8 Å². The first-order valence-corrected chi connectivity index (χ1v) is 12.2. The van der Waals surface area contributed by atoms with Crippen molar-refractivity contribution < 1.29 is 23.9 Å². The van der Waals surface area contributed by atoms with Gasteiger partial charge in [0.2, 0.25) is 0 Å². The molecule has 0 saturated carbocycles. The van der Waals surface area contributed by atoms with E-state index in [1.54, 1.807) is 48.5 Å². The van der Waals surface area contributed by atoms with E-state index >= 15 is 0 Å². The number of amides is 4. The number of imide groups is 2. The van der Waals surface area contributed by atoms with Crippen molar-refractivity contribution in [1.82, 2.24) is 5.32 Å². The van der Waals surface area contributed by atoms with Crippen LogP contribution in [0.1, 0.15) is 29.2 Å². The lowest BCUT2D eigenvalue weighted by Crippen LogP contribution is -2.54. The van der Waals surface area contributed by atoms with Gasteiger partial charge < -0.3 is 9.47 Å². The van der Waals surface area contributed by atoms with Crippen LogP contribution in [0.4, 0.5) is 10.5 Å². The average molecular weight is 539 g/mol. The van der Waals surface area contributed by atoms with E-state index in [4.69, 9.17) is 32.7 Å². The highest BCUT2D eigenvalue weighted by Gasteiger charge is 2.37. The number of nitrogens with one attached hydrogen (secondary N) is 1. The molecule has 0 radical (unpaired) electrons. The number of carbonyl (C=O) groups excluding carboxylic acids is 3. The van der Waals surface area contributed by atoms with E-state index in [2.05, 4.69) is 5.32 Å². The van der Waals surface area contributed by atoms with E-state index in [1.165, 1.54) is 6.08 Å². The van der Waals surface area contributed by atoms with Gasteiger partial charge in [-0.2, -0.15) is 0 Å². The molecule has 7 nitrogen and oxygen atoms in total. The van der Waals surface area contributed by atoms with Crippen LogP contribution in [-0.2, 0) is 16.2 Å². The summed E-state index contributed by atoms with van der Waals surface area (Å²) >= 11 is 12.2. The van der Waals surface area contributed by atoms with Crippen LogP contribution in [0.15, 0.2) is 60.2 Å². The maximum absolute atomic E-state index is 13.3. The van der Waals surface area contributed by atoms with E-state index in [0.717, 1.165) is 21.6 Å². The third-order valence-electron chi connectivity index (χ3n) is 5.54. The van der Waals surface area contributed by atoms with Gasteiger partial charge in [-0.25, -0.2) is 9.69 Å². The molecule has 4 amide bonds. The number of carbonyl (C=O) groups is 3. The molecule has 1 aliphatic heterocycles. The summed E-state index contributed by atoms with van der Waals surface area (Å²) in [7, 11) is 0. The van der Waals surface area contributed by atoms with Crippen molar-refractivity contribution in [2.24, 2.45) is 0 Å². The molecule has 1 aliphatic rings. The molecule has 1 N–H and O–H groups in total. The molecule has 0 aromatic heterocycles. The third kappa shape index (κ3) is 5.96. The zero-order valence-electron chi connectivity index (χ0n) is 20.4. The fourth-order valence-corrected chi connectivity index (χ4v) is 4.40. The Kier molecular flexibility index (Phi) is 7.86. The van der Waals surface area contributed by atoms with Gasteiger partial charge in [0.1, 0.15) is 12.2 Å². The van der Waals surface area contributed by atoms with Crippen LogP contribution in [0.2, 0.25) is 10.0 Å². The zero-order chi connectivity index (χ0) is 26.7. The van der Waals surface area contributed by atoms with Crippen LogP contribution in [0.25, 0.3) is 6.08 Å². The van der Waals surface area contributed by atoms with Crippen LogP contribution in [0, 0.1) is 13.8 Å². The Morgan fingerprint density at radius 1 is 0.892 bits per heavy atom. The minimum absolute atomic E-state index is 0.178. The summed E-state index contributed by atoms with van der Waals surface area (Å²) < 4.78 is 11.7. The normalized spacial score (nSPS) is 14.7. The Balaban J connectivity index is 1.63. The maximum Gasteiger partial charge on any atom is 0.335 e. The van der Waals surface area contributed by atoms with Gasteiger partial charge in [-0.15, -0.1) is 0 Å². The van der Waals surface area contributed by atoms with Gasteiger partial charge in [-0.05, 0) is 79.9 Å². The lowest BCUT2D eigenvalue weighted by atomic mass is 10.0. The predicted molar refractivity (Wildman–Crippen MR) is 143 cm³/mol. The smallest absolute Gasteiger partial charge is 0.335 e.